The van der Waals surface area contributed by atoms with Crippen LogP contribution in [0.1, 0.15) is 6.92 Å². The summed E-state index contributed by atoms with van der Waals surface area (Å²) in [6.07, 6.45) is 10.2. The molecule has 0 aromatic carbocycles. The van der Waals surface area contributed by atoms with E-state index >= 15 is 0 Å². The van der Waals surface area contributed by atoms with E-state index in [1.807, 2.05) is 25.1 Å². The van der Waals surface area contributed by atoms with E-state index in [2.05, 4.69) is 26.5 Å². The summed E-state index contributed by atoms with van der Waals surface area (Å²) in [5, 5.41) is 20.9. The molecule has 6 heteroatoms. The Bertz CT molecular complexity index is 688. The van der Waals surface area contributed by atoms with Gasteiger partial charge in [-0.25, -0.2) is 0 Å². The number of allylic oxidation sites excluding steroid dienone is 5. The third-order valence-corrected chi connectivity index (χ3v) is 2.31. The van der Waals surface area contributed by atoms with Crippen molar-refractivity contribution in [1.82, 2.24) is 25.2 Å². The van der Waals surface area contributed by atoms with Crippen molar-refractivity contribution in [1.29, 1.82) is 5.26 Å². The Balaban J connectivity index is 2.16. The SMILES string of the molecule is C\C=C/C=C(C#N)\C=C\n1nnc(-c2ccccn2)n1. The lowest BCUT2D eigenvalue weighted by Crippen LogP contribution is -1.92. The number of nitrogens with zero attached hydrogens (tertiary/aromatic N) is 6. The number of hydrogen-bond acceptors (Lipinski definition) is 5. The molecule has 0 atom stereocenters. The van der Waals surface area contributed by atoms with Crippen molar-refractivity contribution in [3.8, 4) is 17.6 Å². The van der Waals surface area contributed by atoms with E-state index in [9.17, 15) is 0 Å². The highest BCUT2D eigenvalue weighted by atomic mass is 15.6. The second kappa shape index (κ2) is 6.75. The van der Waals surface area contributed by atoms with Gasteiger partial charge in [-0.15, -0.1) is 15.0 Å². The van der Waals surface area contributed by atoms with Crippen molar-refractivity contribution >= 4 is 6.20 Å². The van der Waals surface area contributed by atoms with Gasteiger partial charge in [0.05, 0.1) is 17.8 Å². The summed E-state index contributed by atoms with van der Waals surface area (Å²) in [4.78, 5) is 5.44. The molecule has 0 saturated carbocycles. The topological polar surface area (TPSA) is 80.3 Å². The van der Waals surface area contributed by atoms with Crippen LogP contribution in [0.2, 0.25) is 0 Å². The van der Waals surface area contributed by atoms with Gasteiger partial charge in [0, 0.05) is 6.20 Å². The zero-order valence-corrected chi connectivity index (χ0v) is 10.9. The first kappa shape index (κ1) is 13.4. The smallest absolute Gasteiger partial charge is 0.223 e. The Kier molecular flexibility index (Phi) is 4.51. The third kappa shape index (κ3) is 3.46. The van der Waals surface area contributed by atoms with Gasteiger partial charge in [0.25, 0.3) is 0 Å². The summed E-state index contributed by atoms with van der Waals surface area (Å²) in [6, 6.07) is 7.54. The fourth-order valence-corrected chi connectivity index (χ4v) is 1.36. The number of pyridine rings is 1. The average Bonchev–Trinajstić information content (AvgIpc) is 2.97. The Morgan fingerprint density at radius 2 is 2.30 bits per heavy atom. The van der Waals surface area contributed by atoms with Crippen molar-refractivity contribution < 1.29 is 0 Å². The molecule has 0 aliphatic rings. The normalized spacial score (nSPS) is 12.1. The van der Waals surface area contributed by atoms with Gasteiger partial charge in [0.2, 0.25) is 5.82 Å². The van der Waals surface area contributed by atoms with Crippen molar-refractivity contribution in [2.24, 2.45) is 0 Å². The molecule has 6 nitrogen and oxygen atoms in total. The monoisotopic (exact) mass is 264 g/mol. The third-order valence-electron chi connectivity index (χ3n) is 2.31. The summed E-state index contributed by atoms with van der Waals surface area (Å²) >= 11 is 0. The molecule has 0 N–H and O–H groups in total. The van der Waals surface area contributed by atoms with Crippen LogP contribution < -0.4 is 0 Å². The Labute approximate surface area is 116 Å². The van der Waals surface area contributed by atoms with Gasteiger partial charge in [0.1, 0.15) is 5.69 Å². The molecule has 0 fully saturated rings. The Morgan fingerprint density at radius 1 is 1.40 bits per heavy atom. The minimum Gasteiger partial charge on any atom is -0.253 e. The first-order chi connectivity index (χ1) is 9.83. The van der Waals surface area contributed by atoms with Crippen LogP contribution in [0.4, 0.5) is 0 Å². The van der Waals surface area contributed by atoms with E-state index in [1.54, 1.807) is 36.7 Å². The van der Waals surface area contributed by atoms with Crippen molar-refractivity contribution in [2.75, 3.05) is 0 Å². The fraction of sp³-hybridized carbons (Fsp3) is 0.0714. The number of rotatable bonds is 4. The van der Waals surface area contributed by atoms with Crippen molar-refractivity contribution in [3.05, 3.63) is 54.3 Å². The van der Waals surface area contributed by atoms with Crippen LogP contribution in [0.25, 0.3) is 17.7 Å². The molecular weight excluding hydrogens is 252 g/mol. The molecular formula is C14H12N6. The van der Waals surface area contributed by atoms with E-state index in [1.165, 1.54) is 4.80 Å². The average molecular weight is 264 g/mol. The van der Waals surface area contributed by atoms with Gasteiger partial charge < -0.3 is 0 Å². The molecule has 0 aliphatic carbocycles. The van der Waals surface area contributed by atoms with Crippen LogP contribution in [0.5, 0.6) is 0 Å². The molecule has 2 aromatic rings. The summed E-state index contributed by atoms with van der Waals surface area (Å²) < 4.78 is 0. The first-order valence-electron chi connectivity index (χ1n) is 5.95. The van der Waals surface area contributed by atoms with Crippen molar-refractivity contribution in [3.63, 3.8) is 0 Å². The molecule has 2 aromatic heterocycles. The maximum Gasteiger partial charge on any atom is 0.223 e. The zero-order valence-electron chi connectivity index (χ0n) is 10.9. The maximum atomic E-state index is 8.93. The quantitative estimate of drug-likeness (QED) is 0.625. The fourth-order valence-electron chi connectivity index (χ4n) is 1.36. The van der Waals surface area contributed by atoms with Crippen molar-refractivity contribution in [2.45, 2.75) is 6.92 Å². The van der Waals surface area contributed by atoms with Gasteiger partial charge in [-0.3, -0.25) is 4.98 Å². The molecule has 0 aliphatic heterocycles. The molecule has 0 bridgehead atoms. The number of aromatic nitrogens is 5. The van der Waals surface area contributed by atoms with E-state index in [-0.39, 0.29) is 0 Å². The molecule has 20 heavy (non-hydrogen) atoms. The van der Waals surface area contributed by atoms with Gasteiger partial charge in [0.15, 0.2) is 0 Å². The minimum atomic E-state index is 0.436. The van der Waals surface area contributed by atoms with Crippen LogP contribution in [0.15, 0.2) is 54.3 Å². The Morgan fingerprint density at radius 3 is 3.00 bits per heavy atom. The summed E-state index contributed by atoms with van der Waals surface area (Å²) in [5.41, 5.74) is 1.15. The van der Waals surface area contributed by atoms with Gasteiger partial charge in [-0.1, -0.05) is 18.2 Å². The molecule has 98 valence electrons. The predicted molar refractivity (Wildman–Crippen MR) is 74.9 cm³/mol. The van der Waals surface area contributed by atoms with E-state index < -0.39 is 0 Å². The number of tetrazole rings is 1. The lowest BCUT2D eigenvalue weighted by Gasteiger charge is -1.90. The summed E-state index contributed by atoms with van der Waals surface area (Å²) in [5.74, 6) is 0.436. The molecule has 0 radical (unpaired) electrons. The van der Waals surface area contributed by atoms with Gasteiger partial charge in [-0.2, -0.15) is 5.26 Å². The first-order valence-corrected chi connectivity index (χ1v) is 5.95. The molecule has 0 unspecified atom stereocenters. The van der Waals surface area contributed by atoms with E-state index in [0.717, 1.165) is 0 Å². The Hall–Kier alpha value is -3.07. The van der Waals surface area contributed by atoms with Crippen LogP contribution in [-0.4, -0.2) is 25.2 Å². The highest BCUT2D eigenvalue weighted by Crippen LogP contribution is 2.08. The zero-order chi connectivity index (χ0) is 14.2. The molecule has 0 saturated heterocycles. The lowest BCUT2D eigenvalue weighted by molar-refractivity contribution is 0.759. The molecule has 0 amide bonds. The van der Waals surface area contributed by atoms with Crippen LogP contribution in [0, 0.1) is 11.3 Å². The molecule has 2 rings (SSSR count). The standard InChI is InChI=1S/C14H12N6/c1-2-3-6-12(11-15)8-10-20-18-14(17-19-20)13-7-4-5-9-16-13/h2-10H,1H3/b3-2-,10-8+,12-6+. The van der Waals surface area contributed by atoms with E-state index in [4.69, 9.17) is 5.26 Å². The largest absolute Gasteiger partial charge is 0.253 e. The summed E-state index contributed by atoms with van der Waals surface area (Å²) in [7, 11) is 0. The summed E-state index contributed by atoms with van der Waals surface area (Å²) in [6.45, 7) is 1.88. The second-order valence-corrected chi connectivity index (χ2v) is 3.72. The highest BCUT2D eigenvalue weighted by molar-refractivity contribution is 5.47. The van der Waals surface area contributed by atoms with Crippen LogP contribution >= 0.6 is 0 Å². The minimum absolute atomic E-state index is 0.436. The number of nitriles is 1. The maximum absolute atomic E-state index is 8.93. The van der Waals surface area contributed by atoms with Crippen LogP contribution in [0.3, 0.4) is 0 Å². The van der Waals surface area contributed by atoms with Gasteiger partial charge in [-0.05, 0) is 36.4 Å². The molecule has 2 heterocycles. The van der Waals surface area contributed by atoms with Gasteiger partial charge >= 0.3 is 0 Å². The predicted octanol–water partition coefficient (Wildman–Crippen LogP) is 2.23. The van der Waals surface area contributed by atoms with Crippen LogP contribution in [-0.2, 0) is 0 Å². The molecule has 0 spiro atoms. The van der Waals surface area contributed by atoms with E-state index in [0.29, 0.717) is 17.1 Å². The highest BCUT2D eigenvalue weighted by Gasteiger charge is 2.04. The second-order valence-electron chi connectivity index (χ2n) is 3.72. The number of hydrogen-bond donors (Lipinski definition) is 0. The lowest BCUT2D eigenvalue weighted by atomic mass is 10.2.